The van der Waals surface area contributed by atoms with E-state index in [1.54, 1.807) is 48.5 Å². The number of aryl methyl sites for hydroxylation is 2. The van der Waals surface area contributed by atoms with Crippen LogP contribution in [0.15, 0.2) is 66.7 Å². The lowest BCUT2D eigenvalue weighted by Crippen LogP contribution is -2.18. The van der Waals surface area contributed by atoms with E-state index in [0.717, 1.165) is 11.1 Å². The average molecular weight is 379 g/mol. The van der Waals surface area contributed by atoms with E-state index in [1.807, 2.05) is 32.0 Å². The molecule has 0 aliphatic rings. The summed E-state index contributed by atoms with van der Waals surface area (Å²) >= 11 is 5.94. The van der Waals surface area contributed by atoms with Gasteiger partial charge in [0.1, 0.15) is 0 Å². The van der Waals surface area contributed by atoms with Crippen LogP contribution in [0.4, 0.5) is 11.4 Å². The zero-order valence-corrected chi connectivity index (χ0v) is 15.8. The van der Waals surface area contributed by atoms with Crippen molar-refractivity contribution in [1.29, 1.82) is 0 Å². The fraction of sp³-hybridized carbons (Fsp3) is 0.0909. The summed E-state index contributed by atoms with van der Waals surface area (Å²) in [4.78, 5) is 25.2. The molecule has 3 aromatic carbocycles. The van der Waals surface area contributed by atoms with Gasteiger partial charge in [0, 0.05) is 16.3 Å². The Balaban J connectivity index is 1.81. The van der Waals surface area contributed by atoms with E-state index in [0.29, 0.717) is 27.5 Å². The summed E-state index contributed by atoms with van der Waals surface area (Å²) in [6.07, 6.45) is 0. The number of benzene rings is 3. The van der Waals surface area contributed by atoms with Gasteiger partial charge in [-0.2, -0.15) is 0 Å². The summed E-state index contributed by atoms with van der Waals surface area (Å²) in [6.45, 7) is 4.01. The van der Waals surface area contributed by atoms with Crippen LogP contribution in [0.3, 0.4) is 0 Å². The van der Waals surface area contributed by atoms with E-state index in [2.05, 4.69) is 10.6 Å². The maximum Gasteiger partial charge on any atom is 0.257 e. The summed E-state index contributed by atoms with van der Waals surface area (Å²) in [5.41, 5.74) is 4.19. The van der Waals surface area contributed by atoms with Crippen molar-refractivity contribution < 1.29 is 9.59 Å². The Hall–Kier alpha value is -3.11. The molecule has 0 aliphatic heterocycles. The highest BCUT2D eigenvalue weighted by molar-refractivity contribution is 6.31. The topological polar surface area (TPSA) is 58.2 Å². The summed E-state index contributed by atoms with van der Waals surface area (Å²) in [7, 11) is 0. The predicted molar refractivity (Wildman–Crippen MR) is 110 cm³/mol. The minimum absolute atomic E-state index is 0.291. The van der Waals surface area contributed by atoms with Gasteiger partial charge in [0.05, 0.1) is 11.3 Å². The first-order valence-corrected chi connectivity index (χ1v) is 8.86. The van der Waals surface area contributed by atoms with Crippen LogP contribution in [-0.2, 0) is 0 Å². The van der Waals surface area contributed by atoms with E-state index in [9.17, 15) is 9.59 Å². The van der Waals surface area contributed by atoms with Crippen molar-refractivity contribution in [3.8, 4) is 0 Å². The first kappa shape index (κ1) is 18.7. The number of carbonyl (C=O) groups excluding carboxylic acids is 2. The molecule has 0 aliphatic carbocycles. The Labute approximate surface area is 163 Å². The SMILES string of the molecule is Cc1ccc(NC(=O)c2ccccc2NC(=O)c2cccc(Cl)c2)cc1C. The van der Waals surface area contributed by atoms with E-state index in [1.165, 1.54) is 0 Å². The largest absolute Gasteiger partial charge is 0.322 e. The van der Waals surface area contributed by atoms with Crippen LogP contribution >= 0.6 is 11.6 Å². The Morgan fingerprint density at radius 1 is 0.778 bits per heavy atom. The number of anilines is 2. The molecule has 0 heterocycles. The second kappa shape index (κ2) is 8.06. The normalized spacial score (nSPS) is 10.3. The zero-order valence-electron chi connectivity index (χ0n) is 15.0. The van der Waals surface area contributed by atoms with Gasteiger partial charge in [-0.25, -0.2) is 0 Å². The van der Waals surface area contributed by atoms with Gasteiger partial charge in [0.15, 0.2) is 0 Å². The Morgan fingerprint density at radius 3 is 2.30 bits per heavy atom. The van der Waals surface area contributed by atoms with Crippen molar-refractivity contribution in [2.75, 3.05) is 10.6 Å². The molecule has 0 fully saturated rings. The molecule has 5 heteroatoms. The van der Waals surface area contributed by atoms with Gasteiger partial charge in [-0.15, -0.1) is 0 Å². The lowest BCUT2D eigenvalue weighted by atomic mass is 10.1. The molecule has 2 N–H and O–H groups in total. The van der Waals surface area contributed by atoms with Gasteiger partial charge >= 0.3 is 0 Å². The van der Waals surface area contributed by atoms with Crippen LogP contribution in [-0.4, -0.2) is 11.8 Å². The second-order valence-corrected chi connectivity index (χ2v) is 6.70. The number of para-hydroxylation sites is 1. The van der Waals surface area contributed by atoms with Crippen molar-refractivity contribution in [1.82, 2.24) is 0 Å². The van der Waals surface area contributed by atoms with Crippen LogP contribution < -0.4 is 10.6 Å². The van der Waals surface area contributed by atoms with E-state index < -0.39 is 0 Å². The minimum atomic E-state index is -0.330. The van der Waals surface area contributed by atoms with Crippen molar-refractivity contribution in [3.05, 3.63) is 94.0 Å². The van der Waals surface area contributed by atoms with Gasteiger partial charge in [-0.05, 0) is 67.4 Å². The first-order valence-electron chi connectivity index (χ1n) is 8.48. The molecule has 2 amide bonds. The molecule has 0 atom stereocenters. The fourth-order valence-electron chi connectivity index (χ4n) is 2.63. The summed E-state index contributed by atoms with van der Waals surface area (Å²) < 4.78 is 0. The van der Waals surface area contributed by atoms with Crippen molar-refractivity contribution in [3.63, 3.8) is 0 Å². The molecule has 136 valence electrons. The smallest absolute Gasteiger partial charge is 0.257 e. The van der Waals surface area contributed by atoms with Crippen LogP contribution in [0.25, 0.3) is 0 Å². The molecule has 0 saturated carbocycles. The summed E-state index contributed by atoms with van der Waals surface area (Å²) in [5.74, 6) is -0.621. The highest BCUT2D eigenvalue weighted by Gasteiger charge is 2.14. The average Bonchev–Trinajstić information content (AvgIpc) is 2.65. The monoisotopic (exact) mass is 378 g/mol. The van der Waals surface area contributed by atoms with Crippen LogP contribution in [0, 0.1) is 13.8 Å². The van der Waals surface area contributed by atoms with Gasteiger partial charge in [-0.3, -0.25) is 9.59 Å². The number of rotatable bonds is 4. The first-order chi connectivity index (χ1) is 12.9. The van der Waals surface area contributed by atoms with Crippen molar-refractivity contribution in [2.45, 2.75) is 13.8 Å². The molecule has 4 nitrogen and oxygen atoms in total. The summed E-state index contributed by atoms with van der Waals surface area (Å²) in [6, 6.07) is 19.3. The minimum Gasteiger partial charge on any atom is -0.322 e. The number of hydrogen-bond acceptors (Lipinski definition) is 2. The third kappa shape index (κ3) is 4.54. The maximum atomic E-state index is 12.7. The Bertz CT molecular complexity index is 1010. The van der Waals surface area contributed by atoms with Gasteiger partial charge in [-0.1, -0.05) is 35.9 Å². The van der Waals surface area contributed by atoms with E-state index in [-0.39, 0.29) is 11.8 Å². The lowest BCUT2D eigenvalue weighted by Gasteiger charge is -2.12. The Kier molecular flexibility index (Phi) is 5.57. The maximum absolute atomic E-state index is 12.7. The molecule has 0 radical (unpaired) electrons. The molecule has 0 bridgehead atoms. The molecule has 27 heavy (non-hydrogen) atoms. The van der Waals surface area contributed by atoms with Crippen LogP contribution in [0.1, 0.15) is 31.8 Å². The zero-order chi connectivity index (χ0) is 19.4. The van der Waals surface area contributed by atoms with Gasteiger partial charge in [0.2, 0.25) is 0 Å². The molecule has 3 aromatic rings. The lowest BCUT2D eigenvalue weighted by molar-refractivity contribution is 0.102. The van der Waals surface area contributed by atoms with Gasteiger partial charge < -0.3 is 10.6 Å². The van der Waals surface area contributed by atoms with Crippen LogP contribution in [0.5, 0.6) is 0 Å². The number of nitrogens with one attached hydrogen (secondary N) is 2. The quantitative estimate of drug-likeness (QED) is 0.633. The molecule has 0 unspecified atom stereocenters. The predicted octanol–water partition coefficient (Wildman–Crippen LogP) is 5.46. The van der Waals surface area contributed by atoms with Crippen molar-refractivity contribution in [2.24, 2.45) is 0 Å². The highest BCUT2D eigenvalue weighted by atomic mass is 35.5. The number of hydrogen-bond donors (Lipinski definition) is 2. The third-order valence-corrected chi connectivity index (χ3v) is 4.51. The highest BCUT2D eigenvalue weighted by Crippen LogP contribution is 2.20. The fourth-order valence-corrected chi connectivity index (χ4v) is 2.82. The van der Waals surface area contributed by atoms with E-state index in [4.69, 9.17) is 11.6 Å². The third-order valence-electron chi connectivity index (χ3n) is 4.27. The molecular formula is C22H19ClN2O2. The second-order valence-electron chi connectivity index (χ2n) is 6.26. The molecule has 3 rings (SSSR count). The van der Waals surface area contributed by atoms with E-state index >= 15 is 0 Å². The Morgan fingerprint density at radius 2 is 1.56 bits per heavy atom. The molecule has 0 spiro atoms. The number of carbonyl (C=O) groups is 2. The van der Waals surface area contributed by atoms with Crippen LogP contribution in [0.2, 0.25) is 5.02 Å². The van der Waals surface area contributed by atoms with Gasteiger partial charge in [0.25, 0.3) is 11.8 Å². The summed E-state index contributed by atoms with van der Waals surface area (Å²) in [5, 5.41) is 6.14. The number of halogens is 1. The number of amides is 2. The molecular weight excluding hydrogens is 360 g/mol. The molecule has 0 aromatic heterocycles. The van der Waals surface area contributed by atoms with Crippen molar-refractivity contribution >= 4 is 34.8 Å². The standard InChI is InChI=1S/C22H19ClN2O2/c1-14-10-11-18(12-15(14)2)24-22(27)19-8-3-4-9-20(19)25-21(26)16-6-5-7-17(23)13-16/h3-13H,1-2H3,(H,24,27)(H,25,26). The molecule has 0 saturated heterocycles.